The summed E-state index contributed by atoms with van der Waals surface area (Å²) in [5.74, 6) is -1.23. The SMILES string of the molecule is CC1=NN(c2ccccc2)C(=O)[C@@H]1/C=N\NC(=O)c1cccc(Cl)c1. The molecule has 2 amide bonds. The summed E-state index contributed by atoms with van der Waals surface area (Å²) >= 11 is 5.85. The van der Waals surface area contributed by atoms with Gasteiger partial charge < -0.3 is 0 Å². The van der Waals surface area contributed by atoms with Crippen LogP contribution in [-0.4, -0.2) is 23.7 Å². The molecule has 1 atom stereocenters. The average molecular weight is 355 g/mol. The molecular formula is C18H15ClN4O2. The Morgan fingerprint density at radius 1 is 1.24 bits per heavy atom. The average Bonchev–Trinajstić information content (AvgIpc) is 2.90. The minimum Gasteiger partial charge on any atom is -0.271 e. The number of carbonyl (C=O) groups is 2. The molecule has 1 aliphatic rings. The first-order valence-corrected chi connectivity index (χ1v) is 7.97. The third kappa shape index (κ3) is 3.75. The molecule has 0 saturated carbocycles. The van der Waals surface area contributed by atoms with E-state index in [4.69, 9.17) is 11.6 Å². The van der Waals surface area contributed by atoms with Crippen LogP contribution >= 0.6 is 11.6 Å². The van der Waals surface area contributed by atoms with Crippen LogP contribution in [0.1, 0.15) is 17.3 Å². The molecule has 0 bridgehead atoms. The van der Waals surface area contributed by atoms with Crippen molar-refractivity contribution in [3.05, 3.63) is 65.2 Å². The van der Waals surface area contributed by atoms with Crippen molar-refractivity contribution in [2.75, 3.05) is 5.01 Å². The normalized spacial score (nSPS) is 17.0. The van der Waals surface area contributed by atoms with E-state index in [0.717, 1.165) is 0 Å². The van der Waals surface area contributed by atoms with Gasteiger partial charge in [0, 0.05) is 16.8 Å². The van der Waals surface area contributed by atoms with Crippen LogP contribution in [0.5, 0.6) is 0 Å². The van der Waals surface area contributed by atoms with Gasteiger partial charge in [-0.3, -0.25) is 9.59 Å². The minimum absolute atomic E-state index is 0.218. The highest BCUT2D eigenvalue weighted by Crippen LogP contribution is 2.22. The number of rotatable bonds is 4. The Morgan fingerprint density at radius 3 is 2.72 bits per heavy atom. The van der Waals surface area contributed by atoms with Gasteiger partial charge in [0.15, 0.2) is 0 Å². The Bertz CT molecular complexity index is 864. The molecule has 0 aromatic heterocycles. The lowest BCUT2D eigenvalue weighted by molar-refractivity contribution is -0.118. The van der Waals surface area contributed by atoms with E-state index in [1.54, 1.807) is 37.3 Å². The maximum atomic E-state index is 12.5. The summed E-state index contributed by atoms with van der Waals surface area (Å²) in [6.07, 6.45) is 1.38. The Hall–Kier alpha value is -2.99. The summed E-state index contributed by atoms with van der Waals surface area (Å²) in [7, 11) is 0. The zero-order chi connectivity index (χ0) is 17.8. The fraction of sp³-hybridized carbons (Fsp3) is 0.111. The van der Waals surface area contributed by atoms with Gasteiger partial charge in [0.1, 0.15) is 5.92 Å². The van der Waals surface area contributed by atoms with Crippen molar-refractivity contribution in [3.8, 4) is 0 Å². The standard InChI is InChI=1S/C18H15ClN4O2/c1-12-16(18(25)23(22-12)15-8-3-2-4-9-15)11-20-21-17(24)13-6-5-7-14(19)10-13/h2-11,16H,1H3,(H,21,24)/b20-11-/t16-/m1/s1. The molecule has 0 saturated heterocycles. The van der Waals surface area contributed by atoms with Gasteiger partial charge in [0.05, 0.1) is 11.4 Å². The van der Waals surface area contributed by atoms with E-state index in [9.17, 15) is 9.59 Å². The van der Waals surface area contributed by atoms with Crippen LogP contribution in [0.3, 0.4) is 0 Å². The molecule has 2 aromatic rings. The first kappa shape index (κ1) is 16.9. The van der Waals surface area contributed by atoms with E-state index in [-0.39, 0.29) is 5.91 Å². The molecule has 0 unspecified atom stereocenters. The number of amides is 2. The predicted molar refractivity (Wildman–Crippen MR) is 97.9 cm³/mol. The predicted octanol–water partition coefficient (Wildman–Crippen LogP) is 3.09. The van der Waals surface area contributed by atoms with Crippen molar-refractivity contribution >= 4 is 41.0 Å². The van der Waals surface area contributed by atoms with Gasteiger partial charge in [0.25, 0.3) is 11.8 Å². The van der Waals surface area contributed by atoms with Crippen LogP contribution in [-0.2, 0) is 4.79 Å². The van der Waals surface area contributed by atoms with E-state index in [1.807, 2.05) is 18.2 Å². The Kier molecular flexibility index (Phi) is 4.90. The van der Waals surface area contributed by atoms with E-state index in [2.05, 4.69) is 15.6 Å². The smallest absolute Gasteiger partial charge is 0.271 e. The molecule has 3 rings (SSSR count). The van der Waals surface area contributed by atoms with E-state index in [0.29, 0.717) is 22.0 Å². The van der Waals surface area contributed by atoms with Gasteiger partial charge in [-0.1, -0.05) is 35.9 Å². The number of hydrogen-bond donors (Lipinski definition) is 1. The second kappa shape index (κ2) is 7.27. The number of nitrogens with zero attached hydrogens (tertiary/aromatic N) is 3. The lowest BCUT2D eigenvalue weighted by Gasteiger charge is -2.12. The van der Waals surface area contributed by atoms with Crippen LogP contribution < -0.4 is 10.4 Å². The molecule has 0 radical (unpaired) electrons. The summed E-state index contributed by atoms with van der Waals surface area (Å²) in [5.41, 5.74) is 4.07. The molecule has 1 aliphatic heterocycles. The maximum absolute atomic E-state index is 12.5. The van der Waals surface area contributed by atoms with Gasteiger partial charge in [0.2, 0.25) is 0 Å². The number of hydrazone groups is 2. The third-order valence-corrected chi connectivity index (χ3v) is 3.89. The Morgan fingerprint density at radius 2 is 2.00 bits per heavy atom. The second-order valence-corrected chi connectivity index (χ2v) is 5.87. The summed E-state index contributed by atoms with van der Waals surface area (Å²) in [6, 6.07) is 15.7. The second-order valence-electron chi connectivity index (χ2n) is 5.43. The Labute approximate surface area is 149 Å². The minimum atomic E-state index is -0.611. The van der Waals surface area contributed by atoms with Gasteiger partial charge in [-0.25, -0.2) is 5.43 Å². The zero-order valence-electron chi connectivity index (χ0n) is 13.4. The number of hydrogen-bond acceptors (Lipinski definition) is 4. The molecule has 1 N–H and O–H groups in total. The van der Waals surface area contributed by atoms with Crippen LogP contribution in [0.2, 0.25) is 5.02 Å². The molecule has 25 heavy (non-hydrogen) atoms. The van der Waals surface area contributed by atoms with Gasteiger partial charge in [-0.05, 0) is 37.3 Å². The molecule has 0 aliphatic carbocycles. The van der Waals surface area contributed by atoms with Crippen molar-refractivity contribution in [1.82, 2.24) is 5.43 Å². The molecule has 6 nitrogen and oxygen atoms in total. The number of nitrogens with one attached hydrogen (secondary N) is 1. The lowest BCUT2D eigenvalue weighted by Crippen LogP contribution is -2.29. The number of para-hydroxylation sites is 1. The zero-order valence-corrected chi connectivity index (χ0v) is 14.1. The fourth-order valence-corrected chi connectivity index (χ4v) is 2.56. The number of anilines is 1. The first-order valence-electron chi connectivity index (χ1n) is 7.59. The molecule has 1 heterocycles. The fourth-order valence-electron chi connectivity index (χ4n) is 2.37. The van der Waals surface area contributed by atoms with Gasteiger partial charge in [-0.2, -0.15) is 15.2 Å². The molecule has 7 heteroatoms. The van der Waals surface area contributed by atoms with Crippen molar-refractivity contribution in [1.29, 1.82) is 0 Å². The van der Waals surface area contributed by atoms with Crippen molar-refractivity contribution in [2.24, 2.45) is 16.1 Å². The monoisotopic (exact) mass is 354 g/mol. The van der Waals surface area contributed by atoms with Crippen molar-refractivity contribution in [3.63, 3.8) is 0 Å². The van der Waals surface area contributed by atoms with Crippen LogP contribution in [0.4, 0.5) is 5.69 Å². The first-order chi connectivity index (χ1) is 12.1. The molecular weight excluding hydrogens is 340 g/mol. The summed E-state index contributed by atoms with van der Waals surface area (Å²) in [4.78, 5) is 24.5. The number of carbonyl (C=O) groups excluding carboxylic acids is 2. The van der Waals surface area contributed by atoms with Crippen LogP contribution in [0, 0.1) is 5.92 Å². The summed E-state index contributed by atoms with van der Waals surface area (Å²) < 4.78 is 0. The summed E-state index contributed by atoms with van der Waals surface area (Å²) in [5, 5.41) is 9.96. The summed E-state index contributed by atoms with van der Waals surface area (Å²) in [6.45, 7) is 1.75. The van der Waals surface area contributed by atoms with Crippen molar-refractivity contribution in [2.45, 2.75) is 6.92 Å². The molecule has 0 fully saturated rings. The van der Waals surface area contributed by atoms with E-state index < -0.39 is 11.8 Å². The van der Waals surface area contributed by atoms with Crippen LogP contribution in [0.15, 0.2) is 64.8 Å². The third-order valence-electron chi connectivity index (χ3n) is 3.66. The van der Waals surface area contributed by atoms with Gasteiger partial charge >= 0.3 is 0 Å². The maximum Gasteiger partial charge on any atom is 0.271 e. The van der Waals surface area contributed by atoms with Crippen molar-refractivity contribution < 1.29 is 9.59 Å². The highest BCUT2D eigenvalue weighted by atomic mass is 35.5. The topological polar surface area (TPSA) is 74.1 Å². The molecule has 2 aromatic carbocycles. The highest BCUT2D eigenvalue weighted by Gasteiger charge is 2.33. The highest BCUT2D eigenvalue weighted by molar-refractivity contribution is 6.31. The number of halogens is 1. The number of benzene rings is 2. The van der Waals surface area contributed by atoms with Crippen LogP contribution in [0.25, 0.3) is 0 Å². The quantitative estimate of drug-likeness (QED) is 0.676. The molecule has 0 spiro atoms. The van der Waals surface area contributed by atoms with E-state index in [1.165, 1.54) is 17.3 Å². The Balaban J connectivity index is 1.67. The lowest BCUT2D eigenvalue weighted by atomic mass is 10.1. The van der Waals surface area contributed by atoms with E-state index >= 15 is 0 Å². The largest absolute Gasteiger partial charge is 0.271 e. The van der Waals surface area contributed by atoms with Gasteiger partial charge in [-0.15, -0.1) is 0 Å². The molecule has 126 valence electrons.